The van der Waals surface area contributed by atoms with Gasteiger partial charge in [0.05, 0.1) is 23.9 Å². The Morgan fingerprint density at radius 2 is 2.05 bits per heavy atom. The summed E-state index contributed by atoms with van der Waals surface area (Å²) < 4.78 is 5.47. The molecule has 0 radical (unpaired) electrons. The van der Waals surface area contributed by atoms with E-state index in [1.807, 2.05) is 18.2 Å². The molecule has 0 spiro atoms. The first-order chi connectivity index (χ1) is 10.2. The second kappa shape index (κ2) is 5.85. The van der Waals surface area contributed by atoms with Crippen molar-refractivity contribution in [1.82, 2.24) is 5.32 Å². The number of para-hydroxylation sites is 1. The van der Waals surface area contributed by atoms with Crippen molar-refractivity contribution in [2.24, 2.45) is 0 Å². The molecule has 1 fully saturated rings. The maximum atomic E-state index is 12.5. The number of hydrogen-bond donors (Lipinski definition) is 1. The lowest BCUT2D eigenvalue weighted by atomic mass is 9.91. The molecule has 3 rings (SSSR count). The third-order valence-corrected chi connectivity index (χ3v) is 4.37. The molecule has 2 aliphatic rings. The summed E-state index contributed by atoms with van der Waals surface area (Å²) in [5.41, 5.74) is 1.29. The summed E-state index contributed by atoms with van der Waals surface area (Å²) in [6.07, 6.45) is 4.04. The van der Waals surface area contributed by atoms with E-state index in [1.165, 1.54) is 0 Å². The van der Waals surface area contributed by atoms with Crippen LogP contribution < -0.4 is 10.2 Å². The lowest BCUT2D eigenvalue weighted by molar-refractivity contribution is -0.118. The minimum Gasteiger partial charge on any atom is -0.381 e. The van der Waals surface area contributed by atoms with Crippen molar-refractivity contribution < 1.29 is 14.3 Å². The number of anilines is 1. The number of nitrogens with one attached hydrogen (secondary N) is 1. The van der Waals surface area contributed by atoms with Crippen molar-refractivity contribution >= 4 is 17.5 Å². The molecule has 1 N–H and O–H groups in total. The number of amides is 2. The normalized spacial score (nSPS) is 26.0. The van der Waals surface area contributed by atoms with Crippen molar-refractivity contribution in [2.75, 3.05) is 18.6 Å². The fourth-order valence-electron chi connectivity index (χ4n) is 3.32. The second-order valence-electron chi connectivity index (χ2n) is 5.64. The highest BCUT2D eigenvalue weighted by atomic mass is 16.5. The largest absolute Gasteiger partial charge is 0.381 e. The van der Waals surface area contributed by atoms with Gasteiger partial charge in [-0.25, -0.2) is 0 Å². The maximum Gasteiger partial charge on any atom is 0.253 e. The fraction of sp³-hybridized carbons (Fsp3) is 0.500. The Morgan fingerprint density at radius 3 is 2.86 bits per heavy atom. The standard InChI is InChI=1S/C16H20N2O3/c1-21-12-6-4-5-11(9-12)18-14-8-3-2-7-13(14)16(20)17-10-15(18)19/h2-3,7-8,11-12H,4-6,9-10H2,1H3,(H,17,20). The van der Waals surface area contributed by atoms with Crippen LogP contribution in [0, 0.1) is 0 Å². The molecule has 0 saturated heterocycles. The second-order valence-corrected chi connectivity index (χ2v) is 5.64. The number of fused-ring (bicyclic) bond motifs is 1. The molecule has 1 saturated carbocycles. The van der Waals surface area contributed by atoms with Crippen molar-refractivity contribution in [3.63, 3.8) is 0 Å². The van der Waals surface area contributed by atoms with Crippen LogP contribution in [0.5, 0.6) is 0 Å². The Morgan fingerprint density at radius 1 is 1.24 bits per heavy atom. The average Bonchev–Trinajstić information content (AvgIpc) is 2.65. The van der Waals surface area contributed by atoms with Gasteiger partial charge >= 0.3 is 0 Å². The summed E-state index contributed by atoms with van der Waals surface area (Å²) >= 11 is 0. The van der Waals surface area contributed by atoms with Gasteiger partial charge in [-0.3, -0.25) is 9.59 Å². The molecule has 1 aromatic carbocycles. The van der Waals surface area contributed by atoms with Gasteiger partial charge in [-0.15, -0.1) is 0 Å². The van der Waals surface area contributed by atoms with Crippen molar-refractivity contribution in [3.8, 4) is 0 Å². The highest BCUT2D eigenvalue weighted by Crippen LogP contribution is 2.31. The summed E-state index contributed by atoms with van der Waals surface area (Å²) in [6.45, 7) is 0.0572. The van der Waals surface area contributed by atoms with Gasteiger partial charge in [0.1, 0.15) is 0 Å². The lowest BCUT2D eigenvalue weighted by Crippen LogP contribution is -2.46. The quantitative estimate of drug-likeness (QED) is 0.901. The zero-order valence-corrected chi connectivity index (χ0v) is 12.2. The van der Waals surface area contributed by atoms with E-state index in [0.29, 0.717) is 5.56 Å². The molecule has 1 aromatic rings. The van der Waals surface area contributed by atoms with Crippen LogP contribution in [0.3, 0.4) is 0 Å². The molecule has 0 bridgehead atoms. The number of ether oxygens (including phenoxy) is 1. The van der Waals surface area contributed by atoms with Crippen molar-refractivity contribution in [1.29, 1.82) is 0 Å². The SMILES string of the molecule is COC1CCCC(N2C(=O)CNC(=O)c3ccccc32)C1. The molecule has 1 heterocycles. The van der Waals surface area contributed by atoms with Crippen LogP contribution in [-0.4, -0.2) is 37.6 Å². The first-order valence-corrected chi connectivity index (χ1v) is 7.43. The number of benzene rings is 1. The minimum absolute atomic E-state index is 0.0462. The predicted molar refractivity (Wildman–Crippen MR) is 79.3 cm³/mol. The van der Waals surface area contributed by atoms with Crippen LogP contribution in [0.25, 0.3) is 0 Å². The topological polar surface area (TPSA) is 58.6 Å². The van der Waals surface area contributed by atoms with Crippen LogP contribution in [-0.2, 0) is 9.53 Å². The summed E-state index contributed by atoms with van der Waals surface area (Å²) in [4.78, 5) is 26.4. The highest BCUT2D eigenvalue weighted by molar-refractivity contribution is 6.09. The summed E-state index contributed by atoms with van der Waals surface area (Å²) in [7, 11) is 1.72. The van der Waals surface area contributed by atoms with Gasteiger partial charge in [0.25, 0.3) is 5.91 Å². The lowest BCUT2D eigenvalue weighted by Gasteiger charge is -2.36. The predicted octanol–water partition coefficient (Wildman–Crippen LogP) is 1.72. The van der Waals surface area contributed by atoms with Crippen LogP contribution in [0.4, 0.5) is 5.69 Å². The Hall–Kier alpha value is -1.88. The molecule has 0 aromatic heterocycles. The Balaban J connectivity index is 1.97. The first kappa shape index (κ1) is 14.1. The molecule has 1 aliphatic heterocycles. The van der Waals surface area contributed by atoms with Gasteiger partial charge in [-0.05, 0) is 37.8 Å². The molecule has 2 unspecified atom stereocenters. The van der Waals surface area contributed by atoms with Crippen LogP contribution in [0.2, 0.25) is 0 Å². The summed E-state index contributed by atoms with van der Waals surface area (Å²) in [5, 5.41) is 2.68. The van der Waals surface area contributed by atoms with E-state index < -0.39 is 0 Å². The molecular weight excluding hydrogens is 268 g/mol. The van der Waals surface area contributed by atoms with E-state index in [-0.39, 0.29) is 30.5 Å². The maximum absolute atomic E-state index is 12.5. The van der Waals surface area contributed by atoms with E-state index in [9.17, 15) is 9.59 Å². The molecule has 2 atom stereocenters. The Bertz CT molecular complexity index is 558. The molecule has 5 heteroatoms. The number of methoxy groups -OCH3 is 1. The van der Waals surface area contributed by atoms with E-state index in [2.05, 4.69) is 5.32 Å². The first-order valence-electron chi connectivity index (χ1n) is 7.43. The van der Waals surface area contributed by atoms with E-state index in [0.717, 1.165) is 31.4 Å². The van der Waals surface area contributed by atoms with Gasteiger partial charge in [-0.1, -0.05) is 12.1 Å². The van der Waals surface area contributed by atoms with E-state index in [4.69, 9.17) is 4.74 Å². The molecular formula is C16H20N2O3. The average molecular weight is 288 g/mol. The van der Waals surface area contributed by atoms with Gasteiger partial charge in [-0.2, -0.15) is 0 Å². The third-order valence-electron chi connectivity index (χ3n) is 4.37. The minimum atomic E-state index is -0.180. The number of hydrogen-bond acceptors (Lipinski definition) is 3. The third kappa shape index (κ3) is 2.65. The Labute approximate surface area is 124 Å². The van der Waals surface area contributed by atoms with E-state index in [1.54, 1.807) is 18.1 Å². The zero-order valence-electron chi connectivity index (χ0n) is 12.2. The number of rotatable bonds is 2. The molecule has 1 aliphatic carbocycles. The smallest absolute Gasteiger partial charge is 0.253 e. The highest BCUT2D eigenvalue weighted by Gasteiger charge is 2.34. The van der Waals surface area contributed by atoms with Gasteiger partial charge in [0.15, 0.2) is 0 Å². The van der Waals surface area contributed by atoms with Crippen LogP contribution in [0.15, 0.2) is 24.3 Å². The fourth-order valence-corrected chi connectivity index (χ4v) is 3.32. The number of carbonyl (C=O) groups is 2. The number of nitrogens with zero attached hydrogens (tertiary/aromatic N) is 1. The number of carbonyl (C=O) groups excluding carboxylic acids is 2. The van der Waals surface area contributed by atoms with Gasteiger partial charge in [0, 0.05) is 13.2 Å². The van der Waals surface area contributed by atoms with Gasteiger partial charge in [0.2, 0.25) is 5.91 Å². The zero-order chi connectivity index (χ0) is 14.8. The van der Waals surface area contributed by atoms with Crippen molar-refractivity contribution in [3.05, 3.63) is 29.8 Å². The molecule has 5 nitrogen and oxygen atoms in total. The van der Waals surface area contributed by atoms with E-state index >= 15 is 0 Å². The monoisotopic (exact) mass is 288 g/mol. The van der Waals surface area contributed by atoms with Crippen molar-refractivity contribution in [2.45, 2.75) is 37.8 Å². The van der Waals surface area contributed by atoms with Crippen LogP contribution in [0.1, 0.15) is 36.0 Å². The summed E-state index contributed by atoms with van der Waals surface area (Å²) in [5.74, 6) is -0.226. The van der Waals surface area contributed by atoms with Crippen LogP contribution >= 0.6 is 0 Å². The Kier molecular flexibility index (Phi) is 3.92. The van der Waals surface area contributed by atoms with Gasteiger partial charge < -0.3 is 15.0 Å². The summed E-state index contributed by atoms with van der Waals surface area (Å²) in [6, 6.07) is 7.42. The molecule has 112 valence electrons. The molecule has 21 heavy (non-hydrogen) atoms. The molecule has 2 amide bonds.